The molecule has 0 bridgehead atoms. The van der Waals surface area contributed by atoms with Gasteiger partial charge in [-0.3, -0.25) is 4.68 Å². The van der Waals surface area contributed by atoms with E-state index in [1.807, 2.05) is 20.2 Å². The smallest absolute Gasteiger partial charge is 0.358 e. The standard InChI is InChI=1S/C13H14N4O2/c1-7-14-6-8-4-5-9-11(13(18)19-3)16-17(2)12(9)10(8)15-7/h6H,4-5H2,1-3H3. The maximum Gasteiger partial charge on any atom is 0.358 e. The number of hydrogen-bond donors (Lipinski definition) is 0. The molecule has 1 aliphatic carbocycles. The Hall–Kier alpha value is -2.24. The van der Waals surface area contributed by atoms with Gasteiger partial charge in [-0.1, -0.05) is 0 Å². The summed E-state index contributed by atoms with van der Waals surface area (Å²) in [7, 11) is 3.18. The Balaban J connectivity index is 2.24. The van der Waals surface area contributed by atoms with Gasteiger partial charge in [0.05, 0.1) is 18.5 Å². The summed E-state index contributed by atoms with van der Waals surface area (Å²) in [5, 5.41) is 4.27. The molecule has 0 aromatic carbocycles. The molecule has 6 nitrogen and oxygen atoms in total. The van der Waals surface area contributed by atoms with Crippen molar-refractivity contribution < 1.29 is 9.53 Å². The first kappa shape index (κ1) is 11.8. The van der Waals surface area contributed by atoms with E-state index in [1.165, 1.54) is 7.11 Å². The van der Waals surface area contributed by atoms with Crippen molar-refractivity contribution in [1.29, 1.82) is 0 Å². The van der Waals surface area contributed by atoms with Crippen LogP contribution in [0.4, 0.5) is 0 Å². The van der Waals surface area contributed by atoms with Crippen molar-refractivity contribution in [3.8, 4) is 11.4 Å². The number of methoxy groups -OCH3 is 1. The number of fused-ring (bicyclic) bond motifs is 3. The lowest BCUT2D eigenvalue weighted by Gasteiger charge is -2.16. The van der Waals surface area contributed by atoms with Crippen LogP contribution in [0.5, 0.6) is 0 Å². The summed E-state index contributed by atoms with van der Waals surface area (Å²) in [6, 6.07) is 0. The predicted molar refractivity (Wildman–Crippen MR) is 67.7 cm³/mol. The fourth-order valence-corrected chi connectivity index (χ4v) is 2.50. The fourth-order valence-electron chi connectivity index (χ4n) is 2.50. The molecule has 0 radical (unpaired) electrons. The van der Waals surface area contributed by atoms with Crippen LogP contribution < -0.4 is 0 Å². The van der Waals surface area contributed by atoms with Gasteiger partial charge < -0.3 is 4.74 Å². The van der Waals surface area contributed by atoms with Gasteiger partial charge in [-0.15, -0.1) is 0 Å². The van der Waals surface area contributed by atoms with E-state index in [4.69, 9.17) is 4.74 Å². The van der Waals surface area contributed by atoms with Crippen LogP contribution in [0.15, 0.2) is 6.20 Å². The lowest BCUT2D eigenvalue weighted by molar-refractivity contribution is 0.0592. The van der Waals surface area contributed by atoms with E-state index in [0.29, 0.717) is 11.5 Å². The zero-order valence-electron chi connectivity index (χ0n) is 11.1. The molecule has 0 saturated heterocycles. The summed E-state index contributed by atoms with van der Waals surface area (Å²) in [6.45, 7) is 1.85. The van der Waals surface area contributed by atoms with Crippen molar-refractivity contribution in [2.24, 2.45) is 7.05 Å². The second kappa shape index (κ2) is 4.15. The highest BCUT2D eigenvalue weighted by Crippen LogP contribution is 2.33. The molecule has 0 fully saturated rings. The predicted octanol–water partition coefficient (Wildman–Crippen LogP) is 1.07. The lowest BCUT2D eigenvalue weighted by atomic mass is 9.93. The summed E-state index contributed by atoms with van der Waals surface area (Å²) in [5.41, 5.74) is 4.17. The van der Waals surface area contributed by atoms with Gasteiger partial charge in [-0.2, -0.15) is 5.10 Å². The number of esters is 1. The van der Waals surface area contributed by atoms with E-state index < -0.39 is 5.97 Å². The molecule has 2 aromatic rings. The van der Waals surface area contributed by atoms with Gasteiger partial charge in [-0.25, -0.2) is 14.8 Å². The van der Waals surface area contributed by atoms with E-state index in [2.05, 4.69) is 15.1 Å². The van der Waals surface area contributed by atoms with Crippen LogP contribution in [0.1, 0.15) is 27.4 Å². The van der Waals surface area contributed by atoms with Crippen LogP contribution in [0, 0.1) is 6.92 Å². The van der Waals surface area contributed by atoms with Crippen LogP contribution in [0.25, 0.3) is 11.4 Å². The average Bonchev–Trinajstić information content (AvgIpc) is 2.75. The minimum atomic E-state index is -0.397. The lowest BCUT2D eigenvalue weighted by Crippen LogP contribution is -2.11. The van der Waals surface area contributed by atoms with Crippen LogP contribution >= 0.6 is 0 Å². The normalized spacial score (nSPS) is 12.8. The van der Waals surface area contributed by atoms with Gasteiger partial charge in [-0.05, 0) is 25.3 Å². The largest absolute Gasteiger partial charge is 0.464 e. The molecule has 2 heterocycles. The molecule has 19 heavy (non-hydrogen) atoms. The summed E-state index contributed by atoms with van der Waals surface area (Å²) in [5.74, 6) is 0.318. The Bertz CT molecular complexity index is 676. The molecule has 0 saturated carbocycles. The van der Waals surface area contributed by atoms with Gasteiger partial charge in [0, 0.05) is 18.8 Å². The Morgan fingerprint density at radius 2 is 2.21 bits per heavy atom. The molecule has 0 aliphatic heterocycles. The second-order valence-electron chi connectivity index (χ2n) is 4.58. The zero-order chi connectivity index (χ0) is 13.6. The average molecular weight is 258 g/mol. The molecule has 0 spiro atoms. The van der Waals surface area contributed by atoms with Gasteiger partial charge in [0.25, 0.3) is 0 Å². The molecule has 0 N–H and O–H groups in total. The molecule has 98 valence electrons. The first-order valence-corrected chi connectivity index (χ1v) is 6.09. The number of hydrogen-bond acceptors (Lipinski definition) is 5. The first-order chi connectivity index (χ1) is 9.11. The second-order valence-corrected chi connectivity index (χ2v) is 4.58. The summed E-state index contributed by atoms with van der Waals surface area (Å²) < 4.78 is 6.48. The van der Waals surface area contributed by atoms with E-state index in [-0.39, 0.29) is 0 Å². The number of carbonyl (C=O) groups excluding carboxylic acids is 1. The number of aryl methyl sites for hydroxylation is 3. The van der Waals surface area contributed by atoms with Gasteiger partial charge >= 0.3 is 5.97 Å². The molecule has 2 aromatic heterocycles. The summed E-state index contributed by atoms with van der Waals surface area (Å²) >= 11 is 0. The Kier molecular flexibility index (Phi) is 2.58. The molecule has 0 atom stereocenters. The van der Waals surface area contributed by atoms with Crippen molar-refractivity contribution in [1.82, 2.24) is 19.7 Å². The Morgan fingerprint density at radius 1 is 1.42 bits per heavy atom. The fraction of sp³-hybridized carbons (Fsp3) is 0.385. The highest BCUT2D eigenvalue weighted by Gasteiger charge is 2.28. The van der Waals surface area contributed by atoms with Crippen molar-refractivity contribution in [3.63, 3.8) is 0 Å². The Morgan fingerprint density at radius 3 is 2.95 bits per heavy atom. The monoisotopic (exact) mass is 258 g/mol. The summed E-state index contributed by atoms with van der Waals surface area (Å²) in [6.07, 6.45) is 3.43. The van der Waals surface area contributed by atoms with Crippen molar-refractivity contribution in [2.75, 3.05) is 7.11 Å². The number of ether oxygens (including phenoxy) is 1. The highest BCUT2D eigenvalue weighted by atomic mass is 16.5. The SMILES string of the molecule is COC(=O)c1nn(C)c2c1CCc1cnc(C)nc1-2. The molecular formula is C13H14N4O2. The zero-order valence-corrected chi connectivity index (χ0v) is 11.1. The first-order valence-electron chi connectivity index (χ1n) is 6.09. The van der Waals surface area contributed by atoms with Crippen LogP contribution in [-0.2, 0) is 24.6 Å². The van der Waals surface area contributed by atoms with Gasteiger partial charge in [0.2, 0.25) is 0 Å². The topological polar surface area (TPSA) is 69.9 Å². The molecular weight excluding hydrogens is 244 g/mol. The van der Waals surface area contributed by atoms with Crippen LogP contribution in [-0.4, -0.2) is 32.8 Å². The van der Waals surface area contributed by atoms with Gasteiger partial charge in [0.15, 0.2) is 5.69 Å². The molecule has 1 aliphatic rings. The van der Waals surface area contributed by atoms with E-state index in [0.717, 1.165) is 35.4 Å². The van der Waals surface area contributed by atoms with Crippen molar-refractivity contribution >= 4 is 5.97 Å². The third-order valence-electron chi connectivity index (χ3n) is 3.38. The van der Waals surface area contributed by atoms with E-state index >= 15 is 0 Å². The summed E-state index contributed by atoms with van der Waals surface area (Å²) in [4.78, 5) is 20.5. The number of carbonyl (C=O) groups is 1. The van der Waals surface area contributed by atoms with Gasteiger partial charge in [0.1, 0.15) is 5.82 Å². The minimum absolute atomic E-state index is 0.391. The number of rotatable bonds is 1. The van der Waals surface area contributed by atoms with Crippen molar-refractivity contribution in [2.45, 2.75) is 19.8 Å². The third-order valence-corrected chi connectivity index (χ3v) is 3.38. The van der Waals surface area contributed by atoms with Crippen LogP contribution in [0.3, 0.4) is 0 Å². The quantitative estimate of drug-likeness (QED) is 0.716. The van der Waals surface area contributed by atoms with E-state index in [1.54, 1.807) is 4.68 Å². The minimum Gasteiger partial charge on any atom is -0.464 e. The van der Waals surface area contributed by atoms with Crippen molar-refractivity contribution in [3.05, 3.63) is 28.8 Å². The molecule has 0 amide bonds. The highest BCUT2D eigenvalue weighted by molar-refractivity contribution is 5.91. The molecule has 3 rings (SSSR count). The van der Waals surface area contributed by atoms with E-state index in [9.17, 15) is 4.79 Å². The number of aromatic nitrogens is 4. The molecule has 0 unspecified atom stereocenters. The Labute approximate surface area is 110 Å². The third kappa shape index (κ3) is 1.71. The van der Waals surface area contributed by atoms with Crippen LogP contribution in [0.2, 0.25) is 0 Å². The maximum atomic E-state index is 11.7. The number of nitrogens with zero attached hydrogens (tertiary/aromatic N) is 4. The molecule has 6 heteroatoms. The maximum absolute atomic E-state index is 11.7.